The van der Waals surface area contributed by atoms with Gasteiger partial charge in [0.05, 0.1) is 0 Å². The Hall–Kier alpha value is 1.17. The molecule has 1 aliphatic rings. The van der Waals surface area contributed by atoms with Crippen LogP contribution in [0, 0.1) is 0 Å². The maximum Gasteiger partial charge on any atom is 0.182 e. The van der Waals surface area contributed by atoms with Gasteiger partial charge in [0.1, 0.15) is 0 Å². The monoisotopic (exact) mass is 312 g/mol. The number of hydrogen-bond donors (Lipinski definition) is 0. The normalized spacial score (nSPS) is 28.5. The van der Waals surface area contributed by atoms with E-state index in [0.717, 1.165) is 18.5 Å². The third-order valence-electron chi connectivity index (χ3n) is 2.63. The summed E-state index contributed by atoms with van der Waals surface area (Å²) in [7, 11) is -1.97. The van der Waals surface area contributed by atoms with Crippen molar-refractivity contribution in [1.29, 1.82) is 0 Å². The van der Waals surface area contributed by atoms with Crippen LogP contribution in [0.3, 0.4) is 0 Å². The number of rotatable bonds is 9. The second-order valence-corrected chi connectivity index (χ2v) is 9.77. The van der Waals surface area contributed by atoms with Gasteiger partial charge in [-0.05, 0) is 19.3 Å². The van der Waals surface area contributed by atoms with Gasteiger partial charge in [0.2, 0.25) is 0 Å². The average Bonchev–Trinajstić information content (AvgIpc) is 2.40. The van der Waals surface area contributed by atoms with E-state index in [1.807, 2.05) is 0 Å². The second kappa shape index (κ2) is 10.9. The smallest absolute Gasteiger partial charge is 0.182 e. The van der Waals surface area contributed by atoms with Gasteiger partial charge >= 0.3 is 0 Å². The summed E-state index contributed by atoms with van der Waals surface area (Å²) in [6.45, 7) is 6.65. The van der Waals surface area contributed by atoms with E-state index < -0.39 is 25.1 Å². The van der Waals surface area contributed by atoms with Gasteiger partial charge in [-0.25, -0.2) is 0 Å². The Labute approximate surface area is 116 Å². The molecular formula is C12H27O3P3. The quantitative estimate of drug-likeness (QED) is 0.462. The van der Waals surface area contributed by atoms with Crippen molar-refractivity contribution in [2.45, 2.75) is 59.3 Å². The molecule has 6 heteroatoms. The Morgan fingerprint density at radius 1 is 0.556 bits per heavy atom. The van der Waals surface area contributed by atoms with Crippen molar-refractivity contribution in [3.05, 3.63) is 0 Å². The van der Waals surface area contributed by atoms with E-state index in [1.165, 1.54) is 38.5 Å². The van der Waals surface area contributed by atoms with Crippen LogP contribution >= 0.6 is 25.1 Å². The van der Waals surface area contributed by atoms with E-state index in [2.05, 4.69) is 20.8 Å². The highest BCUT2D eigenvalue weighted by atomic mass is 31.3. The molecule has 0 aromatic carbocycles. The first-order chi connectivity index (χ1) is 8.80. The minimum Gasteiger partial charge on any atom is -0.282 e. The molecule has 3 nitrogen and oxygen atoms in total. The third kappa shape index (κ3) is 7.09. The maximum atomic E-state index is 6.00. The summed E-state index contributed by atoms with van der Waals surface area (Å²) in [5, 5.41) is 0. The molecule has 18 heavy (non-hydrogen) atoms. The zero-order chi connectivity index (χ0) is 13.2. The van der Waals surface area contributed by atoms with Gasteiger partial charge in [-0.2, -0.15) is 0 Å². The Balaban J connectivity index is 2.38. The highest BCUT2D eigenvalue weighted by molar-refractivity contribution is 7.74. The fourth-order valence-electron chi connectivity index (χ4n) is 1.46. The Morgan fingerprint density at radius 2 is 0.833 bits per heavy atom. The molecule has 1 rings (SSSR count). The van der Waals surface area contributed by atoms with Crippen LogP contribution < -0.4 is 0 Å². The molecular weight excluding hydrogens is 285 g/mol. The lowest BCUT2D eigenvalue weighted by molar-refractivity contribution is 0.410. The molecule has 0 saturated carbocycles. The van der Waals surface area contributed by atoms with Crippen molar-refractivity contribution in [2.75, 3.05) is 18.5 Å². The SMILES string of the molecule is CCCCP1OP(CCCC)OP(CCCC)O1. The summed E-state index contributed by atoms with van der Waals surface area (Å²) in [6, 6.07) is 0. The van der Waals surface area contributed by atoms with E-state index >= 15 is 0 Å². The van der Waals surface area contributed by atoms with Crippen LogP contribution in [0.1, 0.15) is 59.3 Å². The fourth-order valence-corrected chi connectivity index (χ4v) is 8.74. The lowest BCUT2D eigenvalue weighted by Crippen LogP contribution is -2.02. The molecule has 1 aliphatic heterocycles. The summed E-state index contributed by atoms with van der Waals surface area (Å²) < 4.78 is 18.0. The van der Waals surface area contributed by atoms with Crippen LogP contribution in [-0.4, -0.2) is 18.5 Å². The van der Waals surface area contributed by atoms with Crippen molar-refractivity contribution >= 4 is 25.1 Å². The third-order valence-corrected chi connectivity index (χ3v) is 9.04. The van der Waals surface area contributed by atoms with Crippen LogP contribution in [0.15, 0.2) is 0 Å². The van der Waals surface area contributed by atoms with Gasteiger partial charge in [0.25, 0.3) is 0 Å². The first-order valence-corrected chi connectivity index (χ1v) is 11.3. The average molecular weight is 312 g/mol. The van der Waals surface area contributed by atoms with E-state index in [1.54, 1.807) is 0 Å². The molecule has 0 aromatic rings. The molecule has 108 valence electrons. The lowest BCUT2D eigenvalue weighted by Gasteiger charge is -2.33. The zero-order valence-electron chi connectivity index (χ0n) is 11.9. The van der Waals surface area contributed by atoms with Crippen LogP contribution in [0.2, 0.25) is 0 Å². The molecule has 0 N–H and O–H groups in total. The molecule has 0 spiro atoms. The van der Waals surface area contributed by atoms with Gasteiger partial charge in [-0.3, -0.25) is 12.9 Å². The molecule has 1 fully saturated rings. The van der Waals surface area contributed by atoms with Gasteiger partial charge in [-0.15, -0.1) is 0 Å². The van der Waals surface area contributed by atoms with E-state index in [0.29, 0.717) is 0 Å². The summed E-state index contributed by atoms with van der Waals surface area (Å²) >= 11 is 0. The molecule has 0 radical (unpaired) electrons. The standard InChI is InChI=1S/C12H27O3P3/c1-4-7-10-16-13-17(11-8-5-2)15-18(14-16)12-9-6-3/h4-12H2,1-3H3. The van der Waals surface area contributed by atoms with Crippen molar-refractivity contribution in [3.63, 3.8) is 0 Å². The Kier molecular flexibility index (Phi) is 10.4. The molecule has 0 amide bonds. The van der Waals surface area contributed by atoms with Crippen LogP contribution in [0.5, 0.6) is 0 Å². The number of unbranched alkanes of at least 4 members (excludes halogenated alkanes) is 3. The van der Waals surface area contributed by atoms with E-state index in [-0.39, 0.29) is 0 Å². The molecule has 0 atom stereocenters. The van der Waals surface area contributed by atoms with E-state index in [9.17, 15) is 0 Å². The molecule has 1 saturated heterocycles. The molecule has 1 heterocycles. The van der Waals surface area contributed by atoms with Gasteiger partial charge in [-0.1, -0.05) is 40.0 Å². The minimum absolute atomic E-state index is 0.657. The maximum absolute atomic E-state index is 6.00. The molecule has 0 unspecified atom stereocenters. The van der Waals surface area contributed by atoms with Crippen molar-refractivity contribution < 1.29 is 12.9 Å². The lowest BCUT2D eigenvalue weighted by atomic mass is 10.4. The van der Waals surface area contributed by atoms with Crippen molar-refractivity contribution in [2.24, 2.45) is 0 Å². The molecule has 0 aliphatic carbocycles. The minimum atomic E-state index is -0.657. The fraction of sp³-hybridized carbons (Fsp3) is 1.00. The topological polar surface area (TPSA) is 27.7 Å². The summed E-state index contributed by atoms with van der Waals surface area (Å²) in [6.07, 6.45) is 10.5. The van der Waals surface area contributed by atoms with Crippen LogP contribution in [0.25, 0.3) is 0 Å². The largest absolute Gasteiger partial charge is 0.282 e. The van der Waals surface area contributed by atoms with Gasteiger partial charge < -0.3 is 0 Å². The second-order valence-electron chi connectivity index (χ2n) is 4.47. The van der Waals surface area contributed by atoms with Crippen molar-refractivity contribution in [1.82, 2.24) is 0 Å². The highest BCUT2D eigenvalue weighted by Crippen LogP contribution is 2.72. The zero-order valence-corrected chi connectivity index (χ0v) is 14.6. The van der Waals surface area contributed by atoms with Crippen LogP contribution in [-0.2, 0) is 12.9 Å². The van der Waals surface area contributed by atoms with Gasteiger partial charge in [0, 0.05) is 18.5 Å². The summed E-state index contributed by atoms with van der Waals surface area (Å²) in [5.41, 5.74) is 0. The number of hydrogen-bond acceptors (Lipinski definition) is 3. The highest BCUT2D eigenvalue weighted by Gasteiger charge is 2.31. The van der Waals surface area contributed by atoms with Crippen LogP contribution in [0.4, 0.5) is 0 Å². The Morgan fingerprint density at radius 3 is 1.06 bits per heavy atom. The summed E-state index contributed by atoms with van der Waals surface area (Å²) in [5.74, 6) is 0. The predicted molar refractivity (Wildman–Crippen MR) is 83.3 cm³/mol. The first kappa shape index (κ1) is 17.2. The first-order valence-electron chi connectivity index (χ1n) is 7.17. The summed E-state index contributed by atoms with van der Waals surface area (Å²) in [4.78, 5) is 0. The molecule has 0 aromatic heterocycles. The van der Waals surface area contributed by atoms with Gasteiger partial charge in [0.15, 0.2) is 25.1 Å². The molecule has 0 bridgehead atoms. The van der Waals surface area contributed by atoms with Crippen molar-refractivity contribution in [3.8, 4) is 0 Å². The van der Waals surface area contributed by atoms with E-state index in [4.69, 9.17) is 12.9 Å². The predicted octanol–water partition coefficient (Wildman–Crippen LogP) is 6.39. The Bertz CT molecular complexity index is 168.